The zero-order chi connectivity index (χ0) is 22.0. The number of nitro groups is 1. The van der Waals surface area contributed by atoms with E-state index in [1.54, 1.807) is 28.6 Å². The van der Waals surface area contributed by atoms with E-state index in [1.165, 1.54) is 43.7 Å². The van der Waals surface area contributed by atoms with Gasteiger partial charge in [-0.1, -0.05) is 31.4 Å². The summed E-state index contributed by atoms with van der Waals surface area (Å²) < 4.78 is 27.8. The van der Waals surface area contributed by atoms with Crippen LogP contribution in [0.1, 0.15) is 49.1 Å². The first-order valence-corrected chi connectivity index (χ1v) is 12.4. The minimum atomic E-state index is -3.53. The third-order valence-corrected chi connectivity index (χ3v) is 8.48. The standard InChI is InChI=1S/C23H29N3O4S/c1-18-17-21(26(27)28)9-12-23(18)24-13-15-25(16-14-24)31(29,30)22-10-7-20(8-11-22)19-5-3-2-4-6-19/h7-12,17,19H,2-6,13-16H2,1H3. The molecule has 1 aliphatic carbocycles. The molecule has 2 fully saturated rings. The van der Waals surface area contributed by atoms with Gasteiger partial charge in [-0.2, -0.15) is 4.31 Å². The Morgan fingerprint density at radius 1 is 0.935 bits per heavy atom. The van der Waals surface area contributed by atoms with Gasteiger partial charge in [0.2, 0.25) is 10.0 Å². The lowest BCUT2D eigenvalue weighted by Gasteiger charge is -2.36. The zero-order valence-corrected chi connectivity index (χ0v) is 18.7. The molecule has 2 aromatic carbocycles. The molecule has 1 saturated carbocycles. The van der Waals surface area contributed by atoms with Crippen LogP contribution < -0.4 is 4.90 Å². The first-order valence-electron chi connectivity index (χ1n) is 11.0. The molecule has 7 nitrogen and oxygen atoms in total. The average Bonchev–Trinajstić information content (AvgIpc) is 2.80. The predicted octanol–water partition coefficient (Wildman–Crippen LogP) is 4.46. The maximum atomic E-state index is 13.1. The predicted molar refractivity (Wildman–Crippen MR) is 121 cm³/mol. The fraction of sp³-hybridized carbons (Fsp3) is 0.478. The van der Waals surface area contributed by atoms with Crippen molar-refractivity contribution in [3.8, 4) is 0 Å². The Kier molecular flexibility index (Phi) is 6.29. The number of aryl methyl sites for hydroxylation is 1. The first kappa shape index (κ1) is 21.8. The summed E-state index contributed by atoms with van der Waals surface area (Å²) in [6.07, 6.45) is 6.19. The molecule has 2 aromatic rings. The normalized spacial score (nSPS) is 18.8. The number of hydrogen-bond acceptors (Lipinski definition) is 5. The molecule has 0 radical (unpaired) electrons. The number of nitrogens with zero attached hydrogens (tertiary/aromatic N) is 3. The number of nitro benzene ring substituents is 1. The second-order valence-electron chi connectivity index (χ2n) is 8.52. The minimum Gasteiger partial charge on any atom is -0.369 e. The third-order valence-electron chi connectivity index (χ3n) is 6.56. The van der Waals surface area contributed by atoms with Crippen LogP contribution in [-0.2, 0) is 10.0 Å². The highest BCUT2D eigenvalue weighted by atomic mass is 32.2. The van der Waals surface area contributed by atoms with Gasteiger partial charge in [0.15, 0.2) is 0 Å². The molecule has 31 heavy (non-hydrogen) atoms. The summed E-state index contributed by atoms with van der Waals surface area (Å²) in [6, 6.07) is 12.3. The van der Waals surface area contributed by atoms with E-state index in [0.29, 0.717) is 37.0 Å². The zero-order valence-electron chi connectivity index (χ0n) is 17.9. The number of sulfonamides is 1. The minimum absolute atomic E-state index is 0.0686. The smallest absolute Gasteiger partial charge is 0.269 e. The van der Waals surface area contributed by atoms with E-state index in [0.717, 1.165) is 11.3 Å². The van der Waals surface area contributed by atoms with Crippen LogP contribution in [0.25, 0.3) is 0 Å². The van der Waals surface area contributed by atoms with E-state index in [4.69, 9.17) is 0 Å². The van der Waals surface area contributed by atoms with Crippen LogP contribution >= 0.6 is 0 Å². The summed E-state index contributed by atoms with van der Waals surface area (Å²) in [5, 5.41) is 11.0. The second kappa shape index (κ2) is 8.96. The van der Waals surface area contributed by atoms with Crippen molar-refractivity contribution >= 4 is 21.4 Å². The fourth-order valence-electron chi connectivity index (χ4n) is 4.77. The molecule has 1 aliphatic heterocycles. The highest BCUT2D eigenvalue weighted by Gasteiger charge is 2.29. The van der Waals surface area contributed by atoms with Gasteiger partial charge in [0.1, 0.15) is 0 Å². The maximum absolute atomic E-state index is 13.1. The van der Waals surface area contributed by atoms with Gasteiger partial charge in [0.25, 0.3) is 5.69 Å². The molecule has 0 unspecified atom stereocenters. The molecule has 0 N–H and O–H groups in total. The van der Waals surface area contributed by atoms with Gasteiger partial charge in [0, 0.05) is 44.0 Å². The number of benzene rings is 2. The molecule has 166 valence electrons. The molecule has 1 saturated heterocycles. The molecule has 0 atom stereocenters. The average molecular weight is 444 g/mol. The maximum Gasteiger partial charge on any atom is 0.269 e. The summed E-state index contributed by atoms with van der Waals surface area (Å²) >= 11 is 0. The fourth-order valence-corrected chi connectivity index (χ4v) is 6.20. The first-order chi connectivity index (χ1) is 14.9. The Morgan fingerprint density at radius 3 is 2.16 bits per heavy atom. The van der Waals surface area contributed by atoms with Gasteiger partial charge in [-0.15, -0.1) is 0 Å². The molecular formula is C23H29N3O4S. The SMILES string of the molecule is Cc1cc([N+](=O)[O-])ccc1N1CCN(S(=O)(=O)c2ccc(C3CCCCC3)cc2)CC1. The Hall–Kier alpha value is -2.45. The molecule has 2 aliphatic rings. The van der Waals surface area contributed by atoms with Crippen molar-refractivity contribution in [3.05, 3.63) is 63.7 Å². The molecule has 1 heterocycles. The van der Waals surface area contributed by atoms with E-state index in [1.807, 2.05) is 19.1 Å². The number of piperazine rings is 1. The molecule has 0 spiro atoms. The third kappa shape index (κ3) is 4.60. The van der Waals surface area contributed by atoms with Crippen molar-refractivity contribution in [1.29, 1.82) is 0 Å². The lowest BCUT2D eigenvalue weighted by Crippen LogP contribution is -2.48. The van der Waals surface area contributed by atoms with Crippen LogP contribution in [0.3, 0.4) is 0 Å². The van der Waals surface area contributed by atoms with Crippen LogP contribution in [0.5, 0.6) is 0 Å². The Bertz CT molecular complexity index is 1040. The van der Waals surface area contributed by atoms with Crippen LogP contribution in [-0.4, -0.2) is 43.8 Å². The van der Waals surface area contributed by atoms with Gasteiger partial charge < -0.3 is 4.90 Å². The number of non-ortho nitro benzene ring substituents is 1. The number of hydrogen-bond donors (Lipinski definition) is 0. The summed E-state index contributed by atoms with van der Waals surface area (Å²) in [5.74, 6) is 0.555. The van der Waals surface area contributed by atoms with Crippen molar-refractivity contribution in [2.45, 2.75) is 49.8 Å². The summed E-state index contributed by atoms with van der Waals surface area (Å²) in [6.45, 7) is 3.74. The van der Waals surface area contributed by atoms with Crippen LogP contribution in [0.15, 0.2) is 47.4 Å². The van der Waals surface area contributed by atoms with Crippen molar-refractivity contribution in [2.75, 3.05) is 31.1 Å². The summed E-state index contributed by atoms with van der Waals surface area (Å²) in [5.41, 5.74) is 3.06. The van der Waals surface area contributed by atoms with Gasteiger partial charge >= 0.3 is 0 Å². The van der Waals surface area contributed by atoms with Crippen molar-refractivity contribution in [2.24, 2.45) is 0 Å². The molecule has 4 rings (SSSR count). The molecule has 0 aromatic heterocycles. The monoisotopic (exact) mass is 443 g/mol. The molecule has 8 heteroatoms. The second-order valence-corrected chi connectivity index (χ2v) is 10.5. The Labute approximate surface area is 183 Å². The topological polar surface area (TPSA) is 83.8 Å². The van der Waals surface area contributed by atoms with E-state index in [9.17, 15) is 18.5 Å². The van der Waals surface area contributed by atoms with Crippen LogP contribution in [0, 0.1) is 17.0 Å². The van der Waals surface area contributed by atoms with Crippen molar-refractivity contribution in [3.63, 3.8) is 0 Å². The summed E-state index contributed by atoms with van der Waals surface area (Å²) in [4.78, 5) is 13.0. The highest BCUT2D eigenvalue weighted by molar-refractivity contribution is 7.89. The van der Waals surface area contributed by atoms with Crippen LogP contribution in [0.4, 0.5) is 11.4 Å². The van der Waals surface area contributed by atoms with Gasteiger partial charge in [-0.25, -0.2) is 8.42 Å². The quantitative estimate of drug-likeness (QED) is 0.503. The Morgan fingerprint density at radius 2 is 1.58 bits per heavy atom. The lowest BCUT2D eigenvalue weighted by molar-refractivity contribution is -0.384. The van der Waals surface area contributed by atoms with E-state index >= 15 is 0 Å². The van der Waals surface area contributed by atoms with Crippen molar-refractivity contribution < 1.29 is 13.3 Å². The van der Waals surface area contributed by atoms with Gasteiger partial charge in [-0.3, -0.25) is 10.1 Å². The number of rotatable bonds is 5. The molecule has 0 amide bonds. The number of anilines is 1. The van der Waals surface area contributed by atoms with Gasteiger partial charge in [-0.05, 0) is 55.0 Å². The molecule has 0 bridgehead atoms. The van der Waals surface area contributed by atoms with Gasteiger partial charge in [0.05, 0.1) is 9.82 Å². The highest BCUT2D eigenvalue weighted by Crippen LogP contribution is 2.33. The van der Waals surface area contributed by atoms with E-state index < -0.39 is 14.9 Å². The van der Waals surface area contributed by atoms with E-state index in [2.05, 4.69) is 4.90 Å². The van der Waals surface area contributed by atoms with Crippen LogP contribution in [0.2, 0.25) is 0 Å². The lowest BCUT2D eigenvalue weighted by atomic mass is 9.84. The van der Waals surface area contributed by atoms with Crippen molar-refractivity contribution in [1.82, 2.24) is 4.31 Å². The largest absolute Gasteiger partial charge is 0.369 e. The van der Waals surface area contributed by atoms with E-state index in [-0.39, 0.29) is 5.69 Å². The summed E-state index contributed by atoms with van der Waals surface area (Å²) in [7, 11) is -3.53. The Balaban J connectivity index is 1.42. The molecular weight excluding hydrogens is 414 g/mol.